The Kier molecular flexibility index (Phi) is 8.43. The van der Waals surface area contributed by atoms with Crippen LogP contribution >= 0.6 is 23.8 Å². The highest BCUT2D eigenvalue weighted by molar-refractivity contribution is 7.80. The molecule has 0 bridgehead atoms. The Labute approximate surface area is 180 Å². The minimum absolute atomic E-state index is 0.475. The van der Waals surface area contributed by atoms with Crippen LogP contribution in [0.4, 0.5) is 5.69 Å². The molecule has 29 heavy (non-hydrogen) atoms. The lowest BCUT2D eigenvalue weighted by atomic mass is 10.1. The first-order valence-electron chi connectivity index (χ1n) is 9.37. The zero-order valence-corrected chi connectivity index (χ0v) is 18.0. The monoisotopic (exact) mass is 439 g/mol. The van der Waals surface area contributed by atoms with Gasteiger partial charge in [0.15, 0.2) is 5.11 Å². The van der Waals surface area contributed by atoms with Crippen molar-refractivity contribution in [1.82, 2.24) is 10.2 Å². The number of rotatable bonds is 4. The highest BCUT2D eigenvalue weighted by Gasteiger charge is 2.31. The SMILES string of the molecule is CNC(=S)N1C[C@H](C)N(CC2CC2)Cc2cc(Cl)ccc21.O=C(O)/C=C\C(=O)O. The molecule has 1 heterocycles. The van der Waals surface area contributed by atoms with E-state index < -0.39 is 11.9 Å². The Balaban J connectivity index is 0.000000321. The van der Waals surface area contributed by atoms with Gasteiger partial charge in [0.1, 0.15) is 0 Å². The number of nitrogens with zero attached hydrogens (tertiary/aromatic N) is 2. The van der Waals surface area contributed by atoms with Gasteiger partial charge < -0.3 is 20.4 Å². The predicted octanol–water partition coefficient (Wildman–Crippen LogP) is 2.98. The molecular weight excluding hydrogens is 414 g/mol. The molecule has 0 spiro atoms. The molecule has 3 N–H and O–H groups in total. The first-order chi connectivity index (χ1) is 13.7. The second-order valence-electron chi connectivity index (χ2n) is 7.17. The quantitative estimate of drug-likeness (QED) is 0.487. The number of hydrogen-bond donors (Lipinski definition) is 3. The first kappa shape index (κ1) is 23.1. The van der Waals surface area contributed by atoms with Crippen LogP contribution in [0.15, 0.2) is 30.4 Å². The zero-order chi connectivity index (χ0) is 21.6. The van der Waals surface area contributed by atoms with Crippen LogP contribution in [0.25, 0.3) is 0 Å². The van der Waals surface area contributed by atoms with Gasteiger partial charge in [-0.1, -0.05) is 11.6 Å². The molecule has 1 saturated carbocycles. The molecule has 0 unspecified atom stereocenters. The fourth-order valence-electron chi connectivity index (χ4n) is 3.14. The minimum atomic E-state index is -1.26. The number of nitrogens with one attached hydrogen (secondary N) is 1. The fraction of sp³-hybridized carbons (Fsp3) is 0.450. The molecular formula is C20H26ClN3O4S. The Morgan fingerprint density at radius 2 is 1.90 bits per heavy atom. The molecule has 1 aromatic rings. The van der Waals surface area contributed by atoms with Crippen LogP contribution in [0.2, 0.25) is 5.02 Å². The van der Waals surface area contributed by atoms with E-state index >= 15 is 0 Å². The molecule has 158 valence electrons. The van der Waals surface area contributed by atoms with Crippen LogP contribution < -0.4 is 10.2 Å². The summed E-state index contributed by atoms with van der Waals surface area (Å²) in [4.78, 5) is 23.9. The van der Waals surface area contributed by atoms with Crippen molar-refractivity contribution in [3.05, 3.63) is 40.9 Å². The van der Waals surface area contributed by atoms with E-state index in [2.05, 4.69) is 34.2 Å². The average Bonchev–Trinajstić information content (AvgIpc) is 3.49. The van der Waals surface area contributed by atoms with Gasteiger partial charge in [-0.2, -0.15) is 0 Å². The molecule has 1 atom stereocenters. The van der Waals surface area contributed by atoms with Crippen molar-refractivity contribution in [2.24, 2.45) is 5.92 Å². The normalized spacial score (nSPS) is 19.0. The van der Waals surface area contributed by atoms with E-state index in [1.807, 2.05) is 13.1 Å². The Morgan fingerprint density at radius 1 is 1.28 bits per heavy atom. The Bertz CT molecular complexity index is 782. The number of thiocarbonyl (C=S) groups is 1. The number of carbonyl (C=O) groups is 2. The van der Waals surface area contributed by atoms with Crippen LogP contribution in [-0.4, -0.2) is 58.3 Å². The highest BCUT2D eigenvalue weighted by atomic mass is 35.5. The maximum atomic E-state index is 9.55. The maximum absolute atomic E-state index is 9.55. The van der Waals surface area contributed by atoms with Crippen LogP contribution in [-0.2, 0) is 16.1 Å². The second kappa shape index (κ2) is 10.6. The standard InChI is InChI=1S/C16H22ClN3S.C4H4O4/c1-11-8-20(16(21)18-2)15-6-5-14(17)7-13(15)10-19(11)9-12-3-4-12;5-3(6)1-2-4(7)8/h5-7,11-12H,3-4,8-10H2,1-2H3,(H,18,21);1-2H,(H,5,6)(H,7,8)/b;2-1-/t11-;/m0./s1. The van der Waals surface area contributed by atoms with Crippen LogP contribution in [0, 0.1) is 5.92 Å². The summed E-state index contributed by atoms with van der Waals surface area (Å²) in [6.45, 7) is 5.35. The van der Waals surface area contributed by atoms with Crippen molar-refractivity contribution < 1.29 is 19.8 Å². The number of hydrogen-bond acceptors (Lipinski definition) is 4. The lowest BCUT2D eigenvalue weighted by Crippen LogP contribution is -2.45. The molecule has 1 fully saturated rings. The first-order valence-corrected chi connectivity index (χ1v) is 10.2. The lowest BCUT2D eigenvalue weighted by molar-refractivity contribution is -0.134. The van der Waals surface area contributed by atoms with E-state index in [9.17, 15) is 9.59 Å². The molecule has 0 aromatic heterocycles. The summed E-state index contributed by atoms with van der Waals surface area (Å²) in [7, 11) is 1.88. The molecule has 0 saturated heterocycles. The van der Waals surface area contributed by atoms with E-state index in [-0.39, 0.29) is 0 Å². The molecule has 2 aliphatic rings. The maximum Gasteiger partial charge on any atom is 0.328 e. The Morgan fingerprint density at radius 3 is 2.41 bits per heavy atom. The Hall–Kier alpha value is -2.16. The largest absolute Gasteiger partial charge is 0.478 e. The second-order valence-corrected chi connectivity index (χ2v) is 7.99. The van der Waals surface area contributed by atoms with Crippen molar-refractivity contribution >= 4 is 46.6 Å². The van der Waals surface area contributed by atoms with Gasteiger partial charge in [-0.05, 0) is 61.7 Å². The number of aliphatic carboxylic acids is 2. The summed E-state index contributed by atoms with van der Waals surface area (Å²) in [5.41, 5.74) is 2.45. The van der Waals surface area contributed by atoms with Crippen molar-refractivity contribution in [3.8, 4) is 0 Å². The third kappa shape index (κ3) is 7.30. The topological polar surface area (TPSA) is 93.1 Å². The summed E-state index contributed by atoms with van der Waals surface area (Å²) in [6, 6.07) is 6.60. The van der Waals surface area contributed by atoms with Crippen LogP contribution in [0.5, 0.6) is 0 Å². The van der Waals surface area contributed by atoms with Crippen molar-refractivity contribution in [1.29, 1.82) is 0 Å². The highest BCUT2D eigenvalue weighted by Crippen LogP contribution is 2.34. The fourth-order valence-corrected chi connectivity index (χ4v) is 3.51. The molecule has 7 nitrogen and oxygen atoms in total. The molecule has 3 rings (SSSR count). The van der Waals surface area contributed by atoms with Gasteiger partial charge in [-0.3, -0.25) is 4.90 Å². The van der Waals surface area contributed by atoms with Crippen LogP contribution in [0.3, 0.4) is 0 Å². The van der Waals surface area contributed by atoms with Gasteiger partial charge in [0.25, 0.3) is 0 Å². The van der Waals surface area contributed by atoms with E-state index in [4.69, 9.17) is 34.0 Å². The molecule has 1 aromatic carbocycles. The van der Waals surface area contributed by atoms with Gasteiger partial charge in [-0.15, -0.1) is 0 Å². The summed E-state index contributed by atoms with van der Waals surface area (Å²) >= 11 is 11.7. The third-order valence-corrected chi connectivity index (χ3v) is 5.45. The molecule has 1 aliphatic carbocycles. The number of anilines is 1. The van der Waals surface area contributed by atoms with Gasteiger partial charge in [0.05, 0.1) is 0 Å². The molecule has 0 radical (unpaired) electrons. The van der Waals surface area contributed by atoms with Gasteiger partial charge in [0.2, 0.25) is 0 Å². The summed E-state index contributed by atoms with van der Waals surface area (Å²) < 4.78 is 0. The van der Waals surface area contributed by atoms with Crippen molar-refractivity contribution in [2.75, 3.05) is 25.0 Å². The van der Waals surface area contributed by atoms with Crippen molar-refractivity contribution in [2.45, 2.75) is 32.4 Å². The lowest BCUT2D eigenvalue weighted by Gasteiger charge is -2.30. The number of carboxylic acids is 2. The summed E-state index contributed by atoms with van der Waals surface area (Å²) in [6.07, 6.45) is 3.87. The van der Waals surface area contributed by atoms with E-state index in [0.717, 1.165) is 29.1 Å². The van der Waals surface area contributed by atoms with E-state index in [0.29, 0.717) is 18.2 Å². The average molecular weight is 440 g/mol. The van der Waals surface area contributed by atoms with Gasteiger partial charge >= 0.3 is 11.9 Å². The summed E-state index contributed by atoms with van der Waals surface area (Å²) in [5, 5.41) is 20.3. The van der Waals surface area contributed by atoms with E-state index in [1.165, 1.54) is 30.6 Å². The summed E-state index contributed by atoms with van der Waals surface area (Å²) in [5.74, 6) is -1.63. The minimum Gasteiger partial charge on any atom is -0.478 e. The number of benzene rings is 1. The van der Waals surface area contributed by atoms with Gasteiger partial charge in [-0.25, -0.2) is 9.59 Å². The zero-order valence-electron chi connectivity index (χ0n) is 16.5. The van der Waals surface area contributed by atoms with Gasteiger partial charge in [0, 0.05) is 55.6 Å². The predicted molar refractivity (Wildman–Crippen MR) is 117 cm³/mol. The van der Waals surface area contributed by atoms with Crippen LogP contribution in [0.1, 0.15) is 25.3 Å². The number of halogens is 1. The number of carboxylic acid groups (broad SMARTS) is 2. The smallest absolute Gasteiger partial charge is 0.328 e. The molecule has 1 aliphatic heterocycles. The van der Waals surface area contributed by atoms with Crippen molar-refractivity contribution in [3.63, 3.8) is 0 Å². The molecule has 0 amide bonds. The number of fused-ring (bicyclic) bond motifs is 1. The molecule has 9 heteroatoms. The third-order valence-electron chi connectivity index (χ3n) is 4.79. The van der Waals surface area contributed by atoms with E-state index in [1.54, 1.807) is 0 Å².